The first kappa shape index (κ1) is 14.6. The van der Waals surface area contributed by atoms with Gasteiger partial charge in [0.25, 0.3) is 5.91 Å². The summed E-state index contributed by atoms with van der Waals surface area (Å²) in [6.07, 6.45) is 1.78. The van der Waals surface area contributed by atoms with Gasteiger partial charge in [-0.25, -0.2) is 4.99 Å². The van der Waals surface area contributed by atoms with Gasteiger partial charge in [0.05, 0.1) is 10.6 Å². The van der Waals surface area contributed by atoms with Crippen LogP contribution in [-0.4, -0.2) is 23.0 Å². The van der Waals surface area contributed by atoms with Gasteiger partial charge in [-0.05, 0) is 59.8 Å². The number of thioether (sulfide) groups is 1. The first-order valence-corrected chi connectivity index (χ1v) is 7.97. The van der Waals surface area contributed by atoms with E-state index >= 15 is 0 Å². The molecule has 0 spiro atoms. The van der Waals surface area contributed by atoms with E-state index in [0.29, 0.717) is 27.3 Å². The third-order valence-corrected chi connectivity index (χ3v) is 4.34. The number of aliphatic imine (C=N–C) groups is 1. The van der Waals surface area contributed by atoms with Crippen molar-refractivity contribution in [2.45, 2.75) is 0 Å². The summed E-state index contributed by atoms with van der Waals surface area (Å²) in [6, 6.07) is 12.0. The predicted octanol–water partition coefficient (Wildman–Crippen LogP) is 3.01. The summed E-state index contributed by atoms with van der Waals surface area (Å²) in [5, 5.41) is 12.5. The highest BCUT2D eigenvalue weighted by molar-refractivity contribution is 8.18. The summed E-state index contributed by atoms with van der Waals surface area (Å²) >= 11 is 1.26. The molecule has 0 bridgehead atoms. The molecule has 2 N–H and O–H groups in total. The fraction of sp³-hybridized carbons (Fsp3) is 0.0588. The number of carbonyl (C=O) groups is 1. The highest BCUT2D eigenvalue weighted by atomic mass is 32.2. The number of hydrogen-bond acceptors (Lipinski definition) is 6. The smallest absolute Gasteiger partial charge is 0.264 e. The van der Waals surface area contributed by atoms with Crippen molar-refractivity contribution in [1.82, 2.24) is 5.32 Å². The molecule has 7 heteroatoms. The van der Waals surface area contributed by atoms with Crippen LogP contribution in [0.1, 0.15) is 5.56 Å². The van der Waals surface area contributed by atoms with Crippen molar-refractivity contribution in [2.24, 2.45) is 4.99 Å². The van der Waals surface area contributed by atoms with Gasteiger partial charge in [0.2, 0.25) is 6.79 Å². The fourth-order valence-corrected chi connectivity index (χ4v) is 3.12. The minimum atomic E-state index is -0.199. The number of nitrogens with zero attached hydrogens (tertiary/aromatic N) is 1. The van der Waals surface area contributed by atoms with Crippen LogP contribution in [0.15, 0.2) is 52.4 Å². The van der Waals surface area contributed by atoms with Crippen molar-refractivity contribution in [1.29, 1.82) is 0 Å². The molecule has 2 aliphatic rings. The van der Waals surface area contributed by atoms with E-state index in [0.717, 1.165) is 5.56 Å². The Bertz CT molecular complexity index is 875. The topological polar surface area (TPSA) is 80.2 Å². The van der Waals surface area contributed by atoms with Gasteiger partial charge in [-0.3, -0.25) is 4.79 Å². The molecule has 0 atom stereocenters. The Morgan fingerprint density at radius 1 is 1.12 bits per heavy atom. The van der Waals surface area contributed by atoms with Crippen LogP contribution in [0.4, 0.5) is 5.69 Å². The fourth-order valence-electron chi connectivity index (χ4n) is 2.28. The number of phenols is 1. The standard InChI is InChI=1S/C17H12N2O4S/c20-12-4-2-11(3-5-12)18-17-19-16(21)15(24-17)8-10-1-6-13-14(7-10)23-9-22-13/h1-8,20H,9H2,(H,18,19,21)/b15-8-. The number of ether oxygens (including phenoxy) is 2. The lowest BCUT2D eigenvalue weighted by atomic mass is 10.2. The van der Waals surface area contributed by atoms with Crippen LogP contribution >= 0.6 is 11.8 Å². The summed E-state index contributed by atoms with van der Waals surface area (Å²) < 4.78 is 10.6. The van der Waals surface area contributed by atoms with Gasteiger partial charge in [-0.1, -0.05) is 6.07 Å². The maximum atomic E-state index is 12.1. The highest BCUT2D eigenvalue weighted by Gasteiger charge is 2.24. The number of aromatic hydroxyl groups is 1. The Hall–Kier alpha value is -2.93. The normalized spacial score (nSPS) is 19.1. The average molecular weight is 340 g/mol. The Balaban J connectivity index is 1.56. The molecule has 0 saturated carbocycles. The van der Waals surface area contributed by atoms with Gasteiger partial charge in [-0.15, -0.1) is 0 Å². The van der Waals surface area contributed by atoms with Gasteiger partial charge in [-0.2, -0.15) is 0 Å². The molecule has 1 fully saturated rings. The SMILES string of the molecule is O=C1NC(=Nc2ccc(O)cc2)S/C1=C\c1ccc2c(c1)OCO2. The molecule has 2 heterocycles. The Labute approximate surface area is 141 Å². The van der Waals surface area contributed by atoms with Crippen LogP contribution in [0.3, 0.4) is 0 Å². The molecule has 4 rings (SSSR count). The molecule has 2 aliphatic heterocycles. The second-order valence-electron chi connectivity index (χ2n) is 5.11. The number of carbonyl (C=O) groups excluding carboxylic acids is 1. The molecule has 1 saturated heterocycles. The van der Waals surface area contributed by atoms with Gasteiger partial charge in [0.1, 0.15) is 5.75 Å². The van der Waals surface area contributed by atoms with E-state index in [4.69, 9.17) is 9.47 Å². The second kappa shape index (κ2) is 5.93. The molecule has 0 radical (unpaired) electrons. The molecular formula is C17H12N2O4S. The van der Waals surface area contributed by atoms with Crippen molar-refractivity contribution in [3.05, 3.63) is 52.9 Å². The number of phenolic OH excluding ortho intramolecular Hbond substituents is 1. The van der Waals surface area contributed by atoms with Gasteiger partial charge < -0.3 is 19.9 Å². The highest BCUT2D eigenvalue weighted by Crippen LogP contribution is 2.34. The summed E-state index contributed by atoms with van der Waals surface area (Å²) in [7, 11) is 0. The molecule has 0 aliphatic carbocycles. The third kappa shape index (κ3) is 2.93. The van der Waals surface area contributed by atoms with Crippen molar-refractivity contribution >= 4 is 34.6 Å². The van der Waals surface area contributed by atoms with E-state index < -0.39 is 0 Å². The summed E-state index contributed by atoms with van der Waals surface area (Å²) in [4.78, 5) is 17.0. The van der Waals surface area contributed by atoms with E-state index in [1.807, 2.05) is 18.2 Å². The number of fused-ring (bicyclic) bond motifs is 1. The van der Waals surface area contributed by atoms with Gasteiger partial charge in [0, 0.05) is 0 Å². The number of hydrogen-bond donors (Lipinski definition) is 2. The zero-order valence-corrected chi connectivity index (χ0v) is 13.2. The minimum absolute atomic E-state index is 0.172. The van der Waals surface area contributed by atoms with Gasteiger partial charge in [0.15, 0.2) is 16.7 Å². The Kier molecular flexibility index (Phi) is 3.62. The average Bonchev–Trinajstić information content (AvgIpc) is 3.16. The largest absolute Gasteiger partial charge is 0.508 e. The first-order valence-electron chi connectivity index (χ1n) is 7.16. The van der Waals surface area contributed by atoms with E-state index in [1.54, 1.807) is 30.3 Å². The second-order valence-corrected chi connectivity index (χ2v) is 6.14. The van der Waals surface area contributed by atoms with Crippen LogP contribution in [0.2, 0.25) is 0 Å². The van der Waals surface area contributed by atoms with Crippen molar-refractivity contribution in [3.8, 4) is 17.2 Å². The van der Waals surface area contributed by atoms with Crippen molar-refractivity contribution in [3.63, 3.8) is 0 Å². The molecule has 0 unspecified atom stereocenters. The van der Waals surface area contributed by atoms with E-state index in [2.05, 4.69) is 10.3 Å². The van der Waals surface area contributed by atoms with Crippen LogP contribution < -0.4 is 14.8 Å². The monoisotopic (exact) mass is 340 g/mol. The predicted molar refractivity (Wildman–Crippen MR) is 91.5 cm³/mol. The maximum absolute atomic E-state index is 12.1. The van der Waals surface area contributed by atoms with Crippen LogP contribution in [-0.2, 0) is 4.79 Å². The van der Waals surface area contributed by atoms with E-state index in [1.165, 1.54) is 11.8 Å². The molecule has 2 aromatic rings. The van der Waals surface area contributed by atoms with Crippen LogP contribution in [0, 0.1) is 0 Å². The number of nitrogens with one attached hydrogen (secondary N) is 1. The Morgan fingerprint density at radius 3 is 2.75 bits per heavy atom. The zero-order chi connectivity index (χ0) is 16.5. The lowest BCUT2D eigenvalue weighted by Gasteiger charge is -1.98. The van der Waals surface area contributed by atoms with Gasteiger partial charge >= 0.3 is 0 Å². The summed E-state index contributed by atoms with van der Waals surface area (Å²) in [6.45, 7) is 0.216. The van der Waals surface area contributed by atoms with Crippen LogP contribution in [0.5, 0.6) is 17.2 Å². The van der Waals surface area contributed by atoms with E-state index in [-0.39, 0.29) is 18.4 Å². The maximum Gasteiger partial charge on any atom is 0.264 e. The van der Waals surface area contributed by atoms with Crippen molar-refractivity contribution < 1.29 is 19.4 Å². The molecule has 24 heavy (non-hydrogen) atoms. The summed E-state index contributed by atoms with van der Waals surface area (Å²) in [5.41, 5.74) is 1.50. The molecule has 6 nitrogen and oxygen atoms in total. The number of benzene rings is 2. The molecular weight excluding hydrogens is 328 g/mol. The van der Waals surface area contributed by atoms with Crippen LogP contribution in [0.25, 0.3) is 6.08 Å². The lowest BCUT2D eigenvalue weighted by Crippen LogP contribution is -2.19. The zero-order valence-electron chi connectivity index (χ0n) is 12.4. The molecule has 2 aromatic carbocycles. The van der Waals surface area contributed by atoms with Crippen molar-refractivity contribution in [2.75, 3.05) is 6.79 Å². The first-order chi connectivity index (χ1) is 11.7. The third-order valence-electron chi connectivity index (χ3n) is 3.43. The Morgan fingerprint density at radius 2 is 1.92 bits per heavy atom. The molecule has 1 amide bonds. The summed E-state index contributed by atoms with van der Waals surface area (Å²) in [5.74, 6) is 1.35. The molecule has 0 aromatic heterocycles. The lowest BCUT2D eigenvalue weighted by molar-refractivity contribution is -0.115. The quantitative estimate of drug-likeness (QED) is 0.822. The number of amidine groups is 1. The minimum Gasteiger partial charge on any atom is -0.508 e. The number of rotatable bonds is 2. The molecule has 120 valence electrons. The number of amides is 1. The van der Waals surface area contributed by atoms with E-state index in [9.17, 15) is 9.90 Å².